The van der Waals surface area contributed by atoms with Crippen LogP contribution in [0.4, 0.5) is 36.4 Å². The standard InChI is InChI=1S/C26H23F7N6O2/c1-13(37-20-12-36-38-23(40)21(20)25(28,29)30)3-2-7-39-8-6-14-9-17(18(27)10-16(14)24(39)41)19-5-4-15(11-35-19)22(34)26(31,32)33/h4-6,8-13,22H,2-3,7,34H2,1H3,(H2,37,38,40)/t13-,22?/m0/s1. The van der Waals surface area contributed by atoms with E-state index >= 15 is 0 Å². The average molecular weight is 584 g/mol. The lowest BCUT2D eigenvalue weighted by Gasteiger charge is -2.18. The maximum Gasteiger partial charge on any atom is 0.423 e. The molecule has 0 aliphatic carbocycles. The van der Waals surface area contributed by atoms with Crippen LogP contribution in [0.15, 0.2) is 58.5 Å². The van der Waals surface area contributed by atoms with Crippen LogP contribution in [0.25, 0.3) is 22.0 Å². The topological polar surface area (TPSA) is 119 Å². The van der Waals surface area contributed by atoms with Crippen molar-refractivity contribution in [3.05, 3.63) is 86.6 Å². The maximum absolute atomic E-state index is 15.0. The Morgan fingerprint density at radius 3 is 2.44 bits per heavy atom. The third kappa shape index (κ3) is 6.56. The second-order valence-electron chi connectivity index (χ2n) is 9.40. The highest BCUT2D eigenvalue weighted by Gasteiger charge is 2.38. The molecule has 4 rings (SSSR count). The summed E-state index contributed by atoms with van der Waals surface area (Å²) >= 11 is 0. The number of nitrogens with two attached hydrogens (primary N) is 1. The van der Waals surface area contributed by atoms with Crippen LogP contribution in [0.3, 0.4) is 0 Å². The number of alkyl halides is 6. The number of fused-ring (bicyclic) bond motifs is 1. The van der Waals surface area contributed by atoms with Crippen LogP contribution >= 0.6 is 0 Å². The molecule has 41 heavy (non-hydrogen) atoms. The van der Waals surface area contributed by atoms with Gasteiger partial charge in [0, 0.05) is 30.5 Å². The Hall–Kier alpha value is -4.27. The van der Waals surface area contributed by atoms with Gasteiger partial charge in [-0.1, -0.05) is 6.07 Å². The first-order valence-corrected chi connectivity index (χ1v) is 12.2. The van der Waals surface area contributed by atoms with Crippen molar-refractivity contribution >= 4 is 16.5 Å². The van der Waals surface area contributed by atoms with Crippen LogP contribution in [0.2, 0.25) is 0 Å². The molecule has 0 aliphatic rings. The Morgan fingerprint density at radius 2 is 1.80 bits per heavy atom. The number of nitrogens with zero attached hydrogens (tertiary/aromatic N) is 3. The molecule has 0 fully saturated rings. The molecular formula is C26H23F7N6O2. The van der Waals surface area contributed by atoms with Crippen molar-refractivity contribution in [2.45, 2.75) is 50.7 Å². The first-order valence-electron chi connectivity index (χ1n) is 12.2. The minimum atomic E-state index is -4.88. The molecule has 0 saturated carbocycles. The first kappa shape index (κ1) is 29.7. The summed E-state index contributed by atoms with van der Waals surface area (Å²) in [6.45, 7) is 1.78. The second-order valence-corrected chi connectivity index (χ2v) is 9.40. The third-order valence-corrected chi connectivity index (χ3v) is 6.42. The molecule has 0 radical (unpaired) electrons. The van der Waals surface area contributed by atoms with Crippen molar-refractivity contribution in [3.8, 4) is 11.3 Å². The normalized spacial score (nSPS) is 13.8. The van der Waals surface area contributed by atoms with E-state index < -0.39 is 52.6 Å². The molecule has 4 N–H and O–H groups in total. The number of H-pyrrole nitrogens is 1. The number of anilines is 1. The van der Waals surface area contributed by atoms with E-state index in [2.05, 4.69) is 15.4 Å². The number of aryl methyl sites for hydroxylation is 1. The lowest BCUT2D eigenvalue weighted by atomic mass is 10.0. The first-order chi connectivity index (χ1) is 19.2. The summed E-state index contributed by atoms with van der Waals surface area (Å²) < 4.78 is 94.5. The molecule has 3 aromatic heterocycles. The fourth-order valence-corrected chi connectivity index (χ4v) is 4.31. The monoisotopic (exact) mass is 584 g/mol. The number of aromatic nitrogens is 4. The van der Waals surface area contributed by atoms with Crippen molar-refractivity contribution < 1.29 is 30.7 Å². The van der Waals surface area contributed by atoms with Crippen molar-refractivity contribution in [1.82, 2.24) is 19.7 Å². The van der Waals surface area contributed by atoms with Gasteiger partial charge in [-0.05, 0) is 55.0 Å². The lowest BCUT2D eigenvalue weighted by Crippen LogP contribution is -2.28. The van der Waals surface area contributed by atoms with E-state index in [4.69, 9.17) is 5.73 Å². The molecule has 4 aromatic rings. The molecule has 3 heterocycles. The SMILES string of the molecule is C[C@@H](CCCn1ccc2cc(-c3ccc(C(N)C(F)(F)F)cn3)c(F)cc2c1=O)Nc1cn[nH]c(=O)c1C(F)(F)F. The van der Waals surface area contributed by atoms with Crippen LogP contribution in [-0.4, -0.2) is 32.0 Å². The summed E-state index contributed by atoms with van der Waals surface area (Å²) in [5.41, 5.74) is 1.19. The Kier molecular flexibility index (Phi) is 8.19. The third-order valence-electron chi connectivity index (χ3n) is 6.42. The summed E-state index contributed by atoms with van der Waals surface area (Å²) in [6.07, 6.45) is -5.60. The number of benzene rings is 1. The molecule has 1 aromatic carbocycles. The highest BCUT2D eigenvalue weighted by Crippen LogP contribution is 2.33. The Labute approximate surface area is 227 Å². The van der Waals surface area contributed by atoms with Crippen molar-refractivity contribution in [1.29, 1.82) is 0 Å². The van der Waals surface area contributed by atoms with Crippen molar-refractivity contribution in [3.63, 3.8) is 0 Å². The molecule has 15 heteroatoms. The van der Waals surface area contributed by atoms with Crippen LogP contribution in [-0.2, 0) is 12.7 Å². The van der Waals surface area contributed by atoms with Gasteiger partial charge in [-0.15, -0.1) is 0 Å². The Bertz CT molecular complexity index is 1660. The van der Waals surface area contributed by atoms with Crippen LogP contribution in [0, 0.1) is 5.82 Å². The molecule has 0 bridgehead atoms. The van der Waals surface area contributed by atoms with E-state index in [0.29, 0.717) is 18.2 Å². The largest absolute Gasteiger partial charge is 0.423 e. The number of nitrogens with one attached hydrogen (secondary N) is 2. The van der Waals surface area contributed by atoms with Gasteiger partial charge < -0.3 is 15.6 Å². The zero-order valence-corrected chi connectivity index (χ0v) is 21.3. The molecule has 0 amide bonds. The van der Waals surface area contributed by atoms with E-state index in [1.165, 1.54) is 22.9 Å². The minimum Gasteiger partial charge on any atom is -0.381 e. The summed E-state index contributed by atoms with van der Waals surface area (Å²) in [7, 11) is 0. The molecule has 0 aliphatic heterocycles. The van der Waals surface area contributed by atoms with E-state index in [1.807, 2.05) is 0 Å². The predicted molar refractivity (Wildman–Crippen MR) is 137 cm³/mol. The van der Waals surface area contributed by atoms with E-state index in [9.17, 15) is 40.3 Å². The summed E-state index contributed by atoms with van der Waals surface area (Å²) in [5.74, 6) is -0.808. The Balaban J connectivity index is 1.47. The highest BCUT2D eigenvalue weighted by molar-refractivity contribution is 5.86. The number of rotatable bonds is 8. The van der Waals surface area contributed by atoms with Crippen LogP contribution in [0.5, 0.6) is 0 Å². The van der Waals surface area contributed by atoms with E-state index in [-0.39, 0.29) is 28.8 Å². The van der Waals surface area contributed by atoms with Gasteiger partial charge in [0.25, 0.3) is 11.1 Å². The summed E-state index contributed by atoms with van der Waals surface area (Å²) in [6, 6.07) is 3.51. The average Bonchev–Trinajstić information content (AvgIpc) is 2.88. The molecule has 8 nitrogen and oxygen atoms in total. The van der Waals surface area contributed by atoms with Crippen LogP contribution < -0.4 is 22.2 Å². The smallest absolute Gasteiger partial charge is 0.381 e. The van der Waals surface area contributed by atoms with Gasteiger partial charge in [0.1, 0.15) is 17.4 Å². The zero-order valence-electron chi connectivity index (χ0n) is 21.3. The highest BCUT2D eigenvalue weighted by atomic mass is 19.4. The summed E-state index contributed by atoms with van der Waals surface area (Å²) in [4.78, 5) is 28.5. The van der Waals surface area contributed by atoms with Gasteiger partial charge in [-0.3, -0.25) is 14.6 Å². The van der Waals surface area contributed by atoms with Crippen molar-refractivity contribution in [2.24, 2.45) is 5.73 Å². The predicted octanol–water partition coefficient (Wildman–Crippen LogP) is 5.15. The fourth-order valence-electron chi connectivity index (χ4n) is 4.31. The molecule has 0 spiro atoms. The number of hydrogen-bond acceptors (Lipinski definition) is 6. The number of halogens is 7. The quantitative estimate of drug-likeness (QED) is 0.247. The maximum atomic E-state index is 15.0. The fraction of sp³-hybridized carbons (Fsp3) is 0.308. The zero-order chi connectivity index (χ0) is 30.1. The van der Waals surface area contributed by atoms with Crippen molar-refractivity contribution in [2.75, 3.05) is 5.32 Å². The van der Waals surface area contributed by atoms with Crippen LogP contribution in [0.1, 0.15) is 36.9 Å². The molecule has 2 atom stereocenters. The number of aromatic amines is 1. The lowest BCUT2D eigenvalue weighted by molar-refractivity contribution is -0.149. The van der Waals surface area contributed by atoms with E-state index in [0.717, 1.165) is 24.5 Å². The molecular weight excluding hydrogens is 561 g/mol. The van der Waals surface area contributed by atoms with Gasteiger partial charge in [-0.2, -0.15) is 31.4 Å². The molecule has 0 saturated heterocycles. The minimum absolute atomic E-state index is 0.0193. The van der Waals surface area contributed by atoms with Gasteiger partial charge in [0.2, 0.25) is 0 Å². The van der Waals surface area contributed by atoms with Gasteiger partial charge in [0.15, 0.2) is 0 Å². The second kappa shape index (κ2) is 11.3. The molecule has 1 unspecified atom stereocenters. The van der Waals surface area contributed by atoms with Gasteiger partial charge in [-0.25, -0.2) is 9.49 Å². The summed E-state index contributed by atoms with van der Waals surface area (Å²) in [5, 5.41) is 8.22. The number of hydrogen-bond donors (Lipinski definition) is 3. The number of pyridine rings is 2. The van der Waals surface area contributed by atoms with Gasteiger partial charge in [0.05, 0.1) is 23.0 Å². The van der Waals surface area contributed by atoms with Gasteiger partial charge >= 0.3 is 12.4 Å². The molecule has 218 valence electrons. The van der Waals surface area contributed by atoms with E-state index in [1.54, 1.807) is 18.1 Å². The Morgan fingerprint density at radius 1 is 1.07 bits per heavy atom.